The van der Waals surface area contributed by atoms with Crippen LogP contribution in [0.4, 0.5) is 5.69 Å². The van der Waals surface area contributed by atoms with E-state index in [1.807, 2.05) is 0 Å². The lowest BCUT2D eigenvalue weighted by Gasteiger charge is -2.11. The van der Waals surface area contributed by atoms with E-state index in [0.29, 0.717) is 21.3 Å². The Morgan fingerprint density at radius 2 is 1.94 bits per heavy atom. The zero-order valence-corrected chi connectivity index (χ0v) is 20.5. The summed E-state index contributed by atoms with van der Waals surface area (Å²) in [6.45, 7) is -0.371. The molecule has 2 aromatic heterocycles. The highest BCUT2D eigenvalue weighted by atomic mass is 35.5. The highest BCUT2D eigenvalue weighted by Crippen LogP contribution is 2.34. The minimum absolute atomic E-state index is 0.172. The van der Waals surface area contributed by atoms with Crippen LogP contribution in [0.25, 0.3) is 16.9 Å². The van der Waals surface area contributed by atoms with Crippen molar-refractivity contribution in [1.82, 2.24) is 20.0 Å². The fourth-order valence-corrected chi connectivity index (χ4v) is 4.50. The van der Waals surface area contributed by atoms with E-state index in [0.717, 1.165) is 11.3 Å². The normalized spacial score (nSPS) is 11.3. The number of halogens is 3. The van der Waals surface area contributed by atoms with Crippen molar-refractivity contribution < 1.29 is 14.5 Å². The van der Waals surface area contributed by atoms with Gasteiger partial charge in [-0.1, -0.05) is 34.8 Å². The summed E-state index contributed by atoms with van der Waals surface area (Å²) in [6, 6.07) is 9.11. The molecule has 0 saturated carbocycles. The Labute approximate surface area is 216 Å². The largest absolute Gasteiger partial charge is 0.466 e. The average molecular weight is 552 g/mol. The summed E-state index contributed by atoms with van der Waals surface area (Å²) in [7, 11) is 0. The van der Waals surface area contributed by atoms with E-state index >= 15 is 0 Å². The van der Waals surface area contributed by atoms with Gasteiger partial charge in [0.15, 0.2) is 6.61 Å². The Morgan fingerprint density at radius 3 is 2.66 bits per heavy atom. The summed E-state index contributed by atoms with van der Waals surface area (Å²) in [5.41, 5.74) is 3.33. The van der Waals surface area contributed by atoms with E-state index < -0.39 is 10.8 Å². The molecule has 1 amide bonds. The van der Waals surface area contributed by atoms with Gasteiger partial charge in [-0.15, -0.1) is 16.4 Å². The van der Waals surface area contributed by atoms with Crippen LogP contribution in [-0.2, 0) is 4.79 Å². The number of amides is 1. The van der Waals surface area contributed by atoms with Crippen molar-refractivity contribution in [3.8, 4) is 22.8 Å². The van der Waals surface area contributed by atoms with Crippen LogP contribution in [0.5, 0.6) is 5.88 Å². The van der Waals surface area contributed by atoms with Crippen LogP contribution in [0.2, 0.25) is 15.1 Å². The van der Waals surface area contributed by atoms with Crippen LogP contribution in [0.1, 0.15) is 0 Å². The van der Waals surface area contributed by atoms with Crippen LogP contribution < -0.4 is 15.0 Å². The number of nitrogens with one attached hydrogen (secondary N) is 1. The van der Waals surface area contributed by atoms with Gasteiger partial charge in [-0.05, 0) is 30.3 Å². The summed E-state index contributed by atoms with van der Waals surface area (Å²) < 4.78 is 6.75. The SMILES string of the molecule is O=C(COc1cnccn1)N/N=c1\scc(-c2ccc(Cl)cc2Cl)n1-c1ccc(Cl)cc1[N+](=O)[O-]. The van der Waals surface area contributed by atoms with E-state index in [-0.39, 0.29) is 33.7 Å². The number of benzene rings is 2. The monoisotopic (exact) mass is 550 g/mol. The lowest BCUT2D eigenvalue weighted by atomic mass is 10.1. The Morgan fingerprint density at radius 1 is 1.17 bits per heavy atom. The summed E-state index contributed by atoms with van der Waals surface area (Å²) in [4.78, 5) is 31.5. The minimum atomic E-state index is -0.577. The summed E-state index contributed by atoms with van der Waals surface area (Å²) in [5, 5.41) is 18.6. The number of aromatic nitrogens is 3. The second-order valence-corrected chi connectivity index (χ2v) is 8.85. The van der Waals surface area contributed by atoms with Crippen LogP contribution in [0.15, 0.2) is 65.5 Å². The first-order valence-corrected chi connectivity index (χ1v) is 11.7. The fourth-order valence-electron chi connectivity index (χ4n) is 2.98. The highest BCUT2D eigenvalue weighted by molar-refractivity contribution is 7.07. The van der Waals surface area contributed by atoms with Crippen molar-refractivity contribution in [2.45, 2.75) is 0 Å². The van der Waals surface area contributed by atoms with E-state index in [2.05, 4.69) is 20.5 Å². The molecule has 14 heteroatoms. The van der Waals surface area contributed by atoms with Gasteiger partial charge in [-0.2, -0.15) is 0 Å². The third-order valence-electron chi connectivity index (χ3n) is 4.46. The molecule has 35 heavy (non-hydrogen) atoms. The number of ether oxygens (including phenoxy) is 1. The van der Waals surface area contributed by atoms with Gasteiger partial charge in [0.1, 0.15) is 5.69 Å². The number of nitrogens with zero attached hydrogens (tertiary/aromatic N) is 5. The Balaban J connectivity index is 1.76. The van der Waals surface area contributed by atoms with Crippen LogP contribution in [0.3, 0.4) is 0 Å². The van der Waals surface area contributed by atoms with Crippen molar-refractivity contribution in [2.75, 3.05) is 6.61 Å². The number of carbonyl (C=O) groups excluding carboxylic acids is 1. The van der Waals surface area contributed by atoms with Gasteiger partial charge in [0.25, 0.3) is 11.6 Å². The van der Waals surface area contributed by atoms with Gasteiger partial charge >= 0.3 is 0 Å². The van der Waals surface area contributed by atoms with Crippen molar-refractivity contribution in [2.24, 2.45) is 5.10 Å². The number of nitro benzene ring substituents is 1. The second-order valence-electron chi connectivity index (χ2n) is 6.73. The number of hydrogen-bond donors (Lipinski definition) is 1. The Kier molecular flexibility index (Phi) is 7.61. The molecule has 2 aromatic carbocycles. The third kappa shape index (κ3) is 5.77. The molecule has 0 bridgehead atoms. The summed E-state index contributed by atoms with van der Waals surface area (Å²) >= 11 is 19.6. The molecule has 0 unspecified atom stereocenters. The third-order valence-corrected chi connectivity index (χ3v) is 6.07. The van der Waals surface area contributed by atoms with E-state index in [1.54, 1.807) is 23.6 Å². The standard InChI is InChI=1S/C21H13Cl3N6O4S/c22-12-1-3-14(15(24)7-12)18-11-35-21(28-27-19(31)10-34-20-9-25-5-6-26-20)29(18)16-4-2-13(23)8-17(16)30(32)33/h1-9,11H,10H2,(H,27,31)/b28-21-. The molecular weight excluding hydrogens is 539 g/mol. The van der Waals surface area contributed by atoms with Crippen LogP contribution in [-0.4, -0.2) is 32.0 Å². The first-order valence-electron chi connectivity index (χ1n) is 9.65. The van der Waals surface area contributed by atoms with E-state index in [4.69, 9.17) is 39.5 Å². The first-order chi connectivity index (χ1) is 16.8. The number of hydrogen-bond acceptors (Lipinski definition) is 8. The van der Waals surface area contributed by atoms with Crippen molar-refractivity contribution in [3.63, 3.8) is 0 Å². The van der Waals surface area contributed by atoms with E-state index in [9.17, 15) is 14.9 Å². The van der Waals surface area contributed by atoms with Crippen molar-refractivity contribution in [1.29, 1.82) is 0 Å². The van der Waals surface area contributed by atoms with E-state index in [1.165, 1.54) is 41.4 Å². The highest BCUT2D eigenvalue weighted by Gasteiger charge is 2.22. The zero-order valence-electron chi connectivity index (χ0n) is 17.4. The minimum Gasteiger partial charge on any atom is -0.466 e. The Hall–Kier alpha value is -3.51. The van der Waals surface area contributed by atoms with Gasteiger partial charge in [0.2, 0.25) is 10.7 Å². The summed E-state index contributed by atoms with van der Waals surface area (Å²) in [6.07, 6.45) is 4.26. The molecule has 10 nitrogen and oxygen atoms in total. The Bertz CT molecular complexity index is 1480. The fraction of sp³-hybridized carbons (Fsp3) is 0.0476. The quantitative estimate of drug-likeness (QED) is 0.258. The molecule has 4 rings (SSSR count). The molecule has 0 saturated heterocycles. The van der Waals surface area contributed by atoms with Gasteiger partial charge in [0, 0.05) is 39.4 Å². The molecule has 0 atom stereocenters. The molecule has 0 aliphatic heterocycles. The molecule has 0 aliphatic rings. The molecule has 178 valence electrons. The number of rotatable bonds is 7. The van der Waals surface area contributed by atoms with Gasteiger partial charge in [-0.25, -0.2) is 10.4 Å². The molecule has 1 N–H and O–H groups in total. The molecule has 4 aromatic rings. The van der Waals surface area contributed by atoms with Crippen molar-refractivity contribution >= 4 is 57.7 Å². The molecular formula is C21H13Cl3N6O4S. The lowest BCUT2D eigenvalue weighted by molar-refractivity contribution is -0.384. The molecule has 0 aliphatic carbocycles. The molecule has 0 spiro atoms. The second kappa shape index (κ2) is 10.8. The predicted molar refractivity (Wildman–Crippen MR) is 132 cm³/mol. The lowest BCUT2D eigenvalue weighted by Crippen LogP contribution is -2.28. The number of thiazole rings is 1. The maximum Gasteiger partial charge on any atom is 0.294 e. The van der Waals surface area contributed by atoms with Gasteiger partial charge in [-0.3, -0.25) is 24.5 Å². The topological polar surface area (TPSA) is 125 Å². The molecule has 0 radical (unpaired) electrons. The zero-order chi connectivity index (χ0) is 24.9. The molecule has 0 fully saturated rings. The van der Waals surface area contributed by atoms with Crippen LogP contribution >= 0.6 is 46.1 Å². The average Bonchev–Trinajstić information content (AvgIpc) is 3.25. The maximum atomic E-state index is 12.3. The number of carbonyl (C=O) groups is 1. The number of nitro groups is 1. The van der Waals surface area contributed by atoms with Gasteiger partial charge in [0.05, 0.1) is 21.8 Å². The van der Waals surface area contributed by atoms with Gasteiger partial charge < -0.3 is 4.74 Å². The van der Waals surface area contributed by atoms with Crippen LogP contribution in [0, 0.1) is 10.1 Å². The smallest absolute Gasteiger partial charge is 0.294 e. The predicted octanol–water partition coefficient (Wildman–Crippen LogP) is 4.88. The molecule has 2 heterocycles. The first kappa shape index (κ1) is 24.6. The van der Waals surface area contributed by atoms with Crippen molar-refractivity contribution in [3.05, 3.63) is 90.4 Å². The maximum absolute atomic E-state index is 12.3. The summed E-state index contributed by atoms with van der Waals surface area (Å²) in [5.74, 6) is -0.405.